The summed E-state index contributed by atoms with van der Waals surface area (Å²) in [7, 11) is 0. The molecule has 4 rings (SSSR count). The van der Waals surface area contributed by atoms with Crippen LogP contribution in [0.4, 0.5) is 27.8 Å². The van der Waals surface area contributed by atoms with Crippen molar-refractivity contribution in [2.45, 2.75) is 13.1 Å². The van der Waals surface area contributed by atoms with Gasteiger partial charge in [-0.05, 0) is 30.7 Å². The van der Waals surface area contributed by atoms with E-state index in [9.17, 15) is 36.3 Å². The van der Waals surface area contributed by atoms with Crippen molar-refractivity contribution in [3.8, 4) is 17.2 Å². The average molecular weight is 465 g/mol. The number of halogens is 5. The van der Waals surface area contributed by atoms with Crippen LogP contribution in [0.1, 0.15) is 31.8 Å². The summed E-state index contributed by atoms with van der Waals surface area (Å²) in [5, 5.41) is 2.00. The van der Waals surface area contributed by atoms with E-state index in [1.807, 2.05) is 5.32 Å². The van der Waals surface area contributed by atoms with Gasteiger partial charge in [-0.2, -0.15) is 13.2 Å². The van der Waals surface area contributed by atoms with Crippen molar-refractivity contribution in [2.24, 2.45) is 0 Å². The van der Waals surface area contributed by atoms with Crippen LogP contribution in [0.25, 0.3) is 5.69 Å². The van der Waals surface area contributed by atoms with E-state index in [0.717, 1.165) is 10.6 Å². The summed E-state index contributed by atoms with van der Waals surface area (Å²) in [4.78, 5) is 36.7. The van der Waals surface area contributed by atoms with E-state index < -0.39 is 52.3 Å². The fourth-order valence-corrected chi connectivity index (χ4v) is 3.44. The molecule has 0 saturated carbocycles. The van der Waals surface area contributed by atoms with Crippen LogP contribution in [0, 0.1) is 18.6 Å². The van der Waals surface area contributed by atoms with Gasteiger partial charge < -0.3 is 10.5 Å². The van der Waals surface area contributed by atoms with E-state index in [0.29, 0.717) is 5.56 Å². The van der Waals surface area contributed by atoms with Crippen molar-refractivity contribution in [1.29, 1.82) is 0 Å². The highest BCUT2D eigenvalue weighted by Gasteiger charge is 2.34. The molecule has 12 heteroatoms. The lowest BCUT2D eigenvalue weighted by Crippen LogP contribution is -2.25. The molecule has 0 radical (unpaired) electrons. The highest BCUT2D eigenvalue weighted by atomic mass is 19.4. The third-order valence-corrected chi connectivity index (χ3v) is 4.92. The number of hydrogen-bond donors (Lipinski definition) is 2. The Morgan fingerprint density at radius 2 is 1.64 bits per heavy atom. The Morgan fingerprint density at radius 3 is 2.24 bits per heavy atom. The summed E-state index contributed by atoms with van der Waals surface area (Å²) in [6, 6.07) is 5.09. The molecule has 0 atom stereocenters. The smallest absolute Gasteiger partial charge is 0.416 e. The van der Waals surface area contributed by atoms with Gasteiger partial charge in [0.25, 0.3) is 17.4 Å². The lowest BCUT2D eigenvalue weighted by atomic mass is 10.1. The van der Waals surface area contributed by atoms with Crippen molar-refractivity contribution >= 4 is 17.6 Å². The predicted octanol–water partition coefficient (Wildman–Crippen LogP) is 3.70. The van der Waals surface area contributed by atoms with E-state index in [-0.39, 0.29) is 34.7 Å². The number of imide groups is 1. The molecule has 1 aliphatic heterocycles. The Kier molecular flexibility index (Phi) is 4.95. The molecule has 2 amide bonds. The summed E-state index contributed by atoms with van der Waals surface area (Å²) in [5.41, 5.74) is 3.25. The molecular formula is C21H12F5N3O4. The lowest BCUT2D eigenvalue weighted by Gasteiger charge is -2.19. The largest absolute Gasteiger partial charge is 0.449 e. The number of aromatic nitrogens is 1. The van der Waals surface area contributed by atoms with Crippen molar-refractivity contribution in [2.75, 3.05) is 5.73 Å². The Balaban J connectivity index is 1.90. The van der Waals surface area contributed by atoms with E-state index in [1.54, 1.807) is 0 Å². The van der Waals surface area contributed by atoms with Gasteiger partial charge in [-0.3, -0.25) is 24.3 Å². The van der Waals surface area contributed by atoms with Gasteiger partial charge in [-0.15, -0.1) is 0 Å². The van der Waals surface area contributed by atoms with Gasteiger partial charge in [0.05, 0.1) is 22.4 Å². The standard InChI is InChI=1S/C21H12F5N3O4/c1-8-3-2-4-13(33-17-11(22)5-9(6-12(17)23)21(24,25)26)16(8)29-14(30)7-10-15(18(29)27)20(32)28-19(10)31/h2-7H,27H2,1H3,(H,28,31,32). The van der Waals surface area contributed by atoms with Crippen LogP contribution in [0.15, 0.2) is 41.2 Å². The second-order valence-electron chi connectivity index (χ2n) is 7.07. The monoisotopic (exact) mass is 465 g/mol. The van der Waals surface area contributed by atoms with Gasteiger partial charge in [-0.1, -0.05) is 12.1 Å². The van der Waals surface area contributed by atoms with Gasteiger partial charge in [0.15, 0.2) is 23.1 Å². The number of nitrogens with zero attached hydrogens (tertiary/aromatic N) is 1. The zero-order valence-corrected chi connectivity index (χ0v) is 16.5. The molecule has 1 aliphatic rings. The van der Waals surface area contributed by atoms with Crippen LogP contribution in [-0.4, -0.2) is 16.4 Å². The second-order valence-corrected chi connectivity index (χ2v) is 7.07. The molecule has 0 spiro atoms. The molecule has 1 aromatic heterocycles. The fourth-order valence-electron chi connectivity index (χ4n) is 3.44. The molecule has 2 aromatic carbocycles. The highest BCUT2D eigenvalue weighted by Crippen LogP contribution is 2.38. The van der Waals surface area contributed by atoms with Crippen LogP contribution in [0.5, 0.6) is 11.5 Å². The number of alkyl halides is 3. The second kappa shape index (κ2) is 7.43. The molecule has 0 aliphatic carbocycles. The van der Waals surface area contributed by atoms with Gasteiger partial charge in [0.2, 0.25) is 0 Å². The van der Waals surface area contributed by atoms with Gasteiger partial charge in [0, 0.05) is 6.07 Å². The highest BCUT2D eigenvalue weighted by molar-refractivity contribution is 6.23. The first-order valence-corrected chi connectivity index (χ1v) is 9.15. The van der Waals surface area contributed by atoms with Crippen molar-refractivity contribution in [3.63, 3.8) is 0 Å². The molecule has 0 fully saturated rings. The third-order valence-electron chi connectivity index (χ3n) is 4.92. The lowest BCUT2D eigenvalue weighted by molar-refractivity contribution is -0.138. The van der Waals surface area contributed by atoms with Gasteiger partial charge in [0.1, 0.15) is 5.82 Å². The van der Waals surface area contributed by atoms with Crippen LogP contribution in [0.3, 0.4) is 0 Å². The van der Waals surface area contributed by atoms with Gasteiger partial charge in [-0.25, -0.2) is 8.78 Å². The minimum atomic E-state index is -4.99. The maximum Gasteiger partial charge on any atom is 0.416 e. The van der Waals surface area contributed by atoms with E-state index in [1.165, 1.54) is 25.1 Å². The van der Waals surface area contributed by atoms with Crippen LogP contribution >= 0.6 is 0 Å². The van der Waals surface area contributed by atoms with Crippen molar-refractivity contribution < 1.29 is 36.3 Å². The number of hydrogen-bond acceptors (Lipinski definition) is 5. The number of para-hydroxylation sites is 1. The average Bonchev–Trinajstić information content (AvgIpc) is 2.98. The Labute approximate surface area is 181 Å². The zero-order chi connectivity index (χ0) is 24.2. The summed E-state index contributed by atoms with van der Waals surface area (Å²) < 4.78 is 73.2. The minimum Gasteiger partial charge on any atom is -0.449 e. The number of aryl methyl sites for hydroxylation is 1. The summed E-state index contributed by atoms with van der Waals surface area (Å²) in [5.74, 6) is -6.85. The quantitative estimate of drug-likeness (QED) is 0.454. The van der Waals surface area contributed by atoms with Crippen molar-refractivity contribution in [1.82, 2.24) is 9.88 Å². The maximum absolute atomic E-state index is 14.3. The molecule has 33 heavy (non-hydrogen) atoms. The maximum atomic E-state index is 14.3. The summed E-state index contributed by atoms with van der Waals surface area (Å²) in [6.45, 7) is 1.49. The van der Waals surface area contributed by atoms with E-state index in [2.05, 4.69) is 0 Å². The Morgan fingerprint density at radius 1 is 1.00 bits per heavy atom. The summed E-state index contributed by atoms with van der Waals surface area (Å²) in [6.07, 6.45) is -4.99. The number of fused-ring (bicyclic) bond motifs is 1. The normalized spacial score (nSPS) is 13.2. The number of nitrogens with two attached hydrogens (primary N) is 1. The molecular weight excluding hydrogens is 453 g/mol. The Bertz CT molecular complexity index is 1390. The van der Waals surface area contributed by atoms with Crippen LogP contribution in [0.2, 0.25) is 0 Å². The number of pyridine rings is 1. The number of carbonyl (C=O) groups excluding carboxylic acids is 2. The van der Waals surface area contributed by atoms with E-state index >= 15 is 0 Å². The molecule has 0 saturated heterocycles. The molecule has 0 bridgehead atoms. The van der Waals surface area contributed by atoms with Crippen LogP contribution < -0.4 is 21.3 Å². The number of benzene rings is 2. The molecule has 2 heterocycles. The minimum absolute atomic E-state index is 0.0692. The number of anilines is 1. The molecule has 0 unspecified atom stereocenters. The van der Waals surface area contributed by atoms with Crippen LogP contribution in [-0.2, 0) is 6.18 Å². The fraction of sp³-hybridized carbons (Fsp3) is 0.0952. The number of ether oxygens (including phenoxy) is 1. The number of nitrogens with one attached hydrogen (secondary N) is 1. The molecule has 3 aromatic rings. The Hall–Kier alpha value is -4.22. The topological polar surface area (TPSA) is 103 Å². The SMILES string of the molecule is Cc1cccc(Oc2c(F)cc(C(F)(F)F)cc2F)c1-n1c(N)c2c(cc1=O)C(=O)NC2=O. The third kappa shape index (κ3) is 3.58. The number of carbonyl (C=O) groups is 2. The van der Waals surface area contributed by atoms with E-state index in [4.69, 9.17) is 10.5 Å². The first kappa shape index (κ1) is 22.0. The van der Waals surface area contributed by atoms with Gasteiger partial charge >= 0.3 is 6.18 Å². The van der Waals surface area contributed by atoms with Crippen molar-refractivity contribution in [3.05, 3.63) is 80.6 Å². The number of amides is 2. The number of nitrogen functional groups attached to an aromatic ring is 1. The predicted molar refractivity (Wildman–Crippen MR) is 104 cm³/mol. The molecule has 170 valence electrons. The zero-order valence-electron chi connectivity index (χ0n) is 16.5. The molecule has 3 N–H and O–H groups in total. The molecule has 7 nitrogen and oxygen atoms in total. The first-order valence-electron chi connectivity index (χ1n) is 9.15. The summed E-state index contributed by atoms with van der Waals surface area (Å²) >= 11 is 0. The first-order chi connectivity index (χ1) is 15.4. The number of rotatable bonds is 3.